The zero-order valence-corrected chi connectivity index (χ0v) is 17.8. The number of aromatic nitrogens is 3. The maximum absolute atomic E-state index is 13.1. The summed E-state index contributed by atoms with van der Waals surface area (Å²) in [5.74, 6) is -0.410. The van der Waals surface area contributed by atoms with E-state index in [0.29, 0.717) is 45.8 Å². The Labute approximate surface area is 179 Å². The number of hydrogen-bond donors (Lipinski definition) is 0. The van der Waals surface area contributed by atoms with Crippen molar-refractivity contribution in [3.63, 3.8) is 0 Å². The van der Waals surface area contributed by atoms with Gasteiger partial charge in [-0.1, -0.05) is 17.4 Å². The summed E-state index contributed by atoms with van der Waals surface area (Å²) in [6, 6.07) is 3.45. The third-order valence-electron chi connectivity index (χ3n) is 5.01. The number of benzene rings is 1. The number of hydrogen-bond acceptors (Lipinski definition) is 6. The highest BCUT2D eigenvalue weighted by molar-refractivity contribution is 7.88. The highest BCUT2D eigenvalue weighted by Crippen LogP contribution is 2.35. The van der Waals surface area contributed by atoms with Gasteiger partial charge in [0.2, 0.25) is 10.0 Å². The maximum Gasteiger partial charge on any atom is 0.416 e. The van der Waals surface area contributed by atoms with Crippen molar-refractivity contribution in [2.75, 3.05) is 6.54 Å². The lowest BCUT2D eigenvalue weighted by molar-refractivity contribution is -0.137. The van der Waals surface area contributed by atoms with E-state index in [0.717, 1.165) is 18.3 Å². The average molecular weight is 472 g/mol. The van der Waals surface area contributed by atoms with Crippen LogP contribution in [0, 0.1) is 12.1 Å². The number of sulfonamides is 1. The van der Waals surface area contributed by atoms with E-state index in [1.807, 2.05) is 0 Å². The van der Waals surface area contributed by atoms with Gasteiger partial charge in [-0.25, -0.2) is 23.4 Å². The van der Waals surface area contributed by atoms with Crippen LogP contribution in [0.25, 0.3) is 11.3 Å². The highest BCUT2D eigenvalue weighted by atomic mass is 32.2. The van der Waals surface area contributed by atoms with Crippen LogP contribution < -0.4 is 0 Å². The first-order valence-corrected chi connectivity index (χ1v) is 11.6. The van der Waals surface area contributed by atoms with Crippen LogP contribution in [0.15, 0.2) is 30.7 Å². The lowest BCUT2D eigenvalue weighted by Crippen LogP contribution is -2.37. The molecule has 0 saturated heterocycles. The van der Waals surface area contributed by atoms with Crippen LogP contribution in [-0.4, -0.2) is 34.2 Å². The van der Waals surface area contributed by atoms with Gasteiger partial charge in [0.1, 0.15) is 17.1 Å². The van der Waals surface area contributed by atoms with Crippen molar-refractivity contribution in [1.82, 2.24) is 19.3 Å². The van der Waals surface area contributed by atoms with Gasteiger partial charge < -0.3 is 0 Å². The third-order valence-corrected chi connectivity index (χ3v) is 7.71. The molecule has 1 aromatic carbocycles. The van der Waals surface area contributed by atoms with E-state index in [4.69, 9.17) is 0 Å². The smallest absolute Gasteiger partial charge is 0.245 e. The molecule has 0 N–H and O–H groups in total. The molecular weight excluding hydrogens is 456 g/mol. The molecule has 0 unspecified atom stereocenters. The van der Waals surface area contributed by atoms with Crippen molar-refractivity contribution >= 4 is 21.4 Å². The molecule has 31 heavy (non-hydrogen) atoms. The maximum atomic E-state index is 13.1. The van der Waals surface area contributed by atoms with Crippen LogP contribution in [0.3, 0.4) is 0 Å². The van der Waals surface area contributed by atoms with Crippen LogP contribution in [-0.2, 0) is 34.9 Å². The van der Waals surface area contributed by atoms with Crippen LogP contribution in [0.1, 0.15) is 27.4 Å². The quantitative estimate of drug-likeness (QED) is 0.538. The van der Waals surface area contributed by atoms with E-state index in [9.17, 15) is 26.0 Å². The zero-order valence-electron chi connectivity index (χ0n) is 16.1. The number of fused-ring (bicyclic) bond motifs is 1. The monoisotopic (exact) mass is 472 g/mol. The minimum absolute atomic E-state index is 0.000721. The van der Waals surface area contributed by atoms with Gasteiger partial charge in [0.05, 0.1) is 29.7 Å². The van der Waals surface area contributed by atoms with Crippen molar-refractivity contribution in [2.45, 2.75) is 31.8 Å². The fraction of sp³-hybridized carbons (Fsp3) is 0.316. The van der Waals surface area contributed by atoms with Crippen molar-refractivity contribution in [3.05, 3.63) is 63.2 Å². The summed E-state index contributed by atoms with van der Waals surface area (Å²) in [5.41, 5.74) is 1.90. The summed E-state index contributed by atoms with van der Waals surface area (Å²) in [7, 11) is -3.74. The molecule has 4 rings (SSSR count). The van der Waals surface area contributed by atoms with E-state index in [1.54, 1.807) is 6.92 Å². The molecule has 1 aliphatic rings. The second-order valence-electron chi connectivity index (χ2n) is 7.07. The number of alkyl halides is 3. The second-order valence-corrected chi connectivity index (χ2v) is 10.1. The Bertz CT molecular complexity index is 1240. The number of halogens is 4. The third kappa shape index (κ3) is 4.46. The number of rotatable bonds is 4. The molecule has 6 nitrogen and oxygen atoms in total. The van der Waals surface area contributed by atoms with Crippen molar-refractivity contribution < 1.29 is 26.0 Å². The Hall–Kier alpha value is -2.44. The van der Waals surface area contributed by atoms with E-state index in [-0.39, 0.29) is 18.1 Å². The molecule has 0 radical (unpaired) electrons. The molecule has 3 heterocycles. The normalized spacial score (nSPS) is 15.1. The molecule has 0 spiro atoms. The van der Waals surface area contributed by atoms with Crippen LogP contribution >= 0.6 is 11.3 Å². The Morgan fingerprint density at radius 1 is 1.19 bits per heavy atom. The molecule has 0 bridgehead atoms. The van der Waals surface area contributed by atoms with Gasteiger partial charge in [0.15, 0.2) is 5.13 Å². The molecular formula is C19H16F4N4O2S2. The van der Waals surface area contributed by atoms with Crippen molar-refractivity contribution in [1.29, 1.82) is 0 Å². The fourth-order valence-corrected chi connectivity index (χ4v) is 5.88. The first-order chi connectivity index (χ1) is 14.5. The van der Waals surface area contributed by atoms with Gasteiger partial charge in [-0.3, -0.25) is 0 Å². The molecule has 0 amide bonds. The SMILES string of the molecule is Cc1cc(C(F)(F)F)ccc1-c1ncnc2c1CCN(S(=O)(=O)Cc1ncc(F)s1)C2. The molecule has 12 heteroatoms. The van der Waals surface area contributed by atoms with E-state index >= 15 is 0 Å². The number of nitrogens with zero attached hydrogens (tertiary/aromatic N) is 4. The van der Waals surface area contributed by atoms with E-state index < -0.39 is 32.6 Å². The molecule has 0 aliphatic carbocycles. The summed E-state index contributed by atoms with van der Waals surface area (Å²) in [6.07, 6.45) is -1.88. The predicted octanol–water partition coefficient (Wildman–Crippen LogP) is 3.95. The highest BCUT2D eigenvalue weighted by Gasteiger charge is 2.32. The Morgan fingerprint density at radius 2 is 1.97 bits per heavy atom. The largest absolute Gasteiger partial charge is 0.416 e. The lowest BCUT2D eigenvalue weighted by Gasteiger charge is -2.28. The second kappa shape index (κ2) is 7.92. The first-order valence-electron chi connectivity index (χ1n) is 9.13. The van der Waals surface area contributed by atoms with Gasteiger partial charge in [-0.05, 0) is 31.0 Å². The first kappa shape index (κ1) is 21.8. The minimum atomic E-state index is -4.44. The van der Waals surface area contributed by atoms with Gasteiger partial charge in [-0.2, -0.15) is 21.9 Å². The molecule has 0 fully saturated rings. The summed E-state index contributed by atoms with van der Waals surface area (Å²) in [4.78, 5) is 12.2. The molecule has 0 atom stereocenters. The molecule has 1 aliphatic heterocycles. The predicted molar refractivity (Wildman–Crippen MR) is 106 cm³/mol. The summed E-state index contributed by atoms with van der Waals surface area (Å²) in [6.45, 7) is 1.73. The summed E-state index contributed by atoms with van der Waals surface area (Å²) < 4.78 is 78.8. The minimum Gasteiger partial charge on any atom is -0.245 e. The molecule has 0 saturated carbocycles. The fourth-order valence-electron chi connectivity index (χ4n) is 3.51. The molecule has 2 aromatic heterocycles. The lowest BCUT2D eigenvalue weighted by atomic mass is 9.95. The van der Waals surface area contributed by atoms with Crippen molar-refractivity contribution in [3.8, 4) is 11.3 Å². The van der Waals surface area contributed by atoms with Gasteiger partial charge in [-0.15, -0.1) is 0 Å². The standard InChI is InChI=1S/C19H16F4N4O2S2/c1-11-6-12(19(21,22)23)2-3-13(11)18-14-4-5-27(8-15(14)25-10-26-18)31(28,29)9-17-24-7-16(20)30-17/h2-3,6-7,10H,4-5,8-9H2,1H3. The van der Waals surface area contributed by atoms with Crippen LogP contribution in [0.4, 0.5) is 17.6 Å². The van der Waals surface area contributed by atoms with Gasteiger partial charge in [0, 0.05) is 17.7 Å². The van der Waals surface area contributed by atoms with Crippen molar-refractivity contribution in [2.24, 2.45) is 0 Å². The molecule has 164 valence electrons. The van der Waals surface area contributed by atoms with Gasteiger partial charge >= 0.3 is 6.18 Å². The van der Waals surface area contributed by atoms with E-state index in [2.05, 4.69) is 15.0 Å². The molecule has 3 aromatic rings. The van der Waals surface area contributed by atoms with E-state index in [1.165, 1.54) is 16.7 Å². The Kier molecular flexibility index (Phi) is 5.56. The van der Waals surface area contributed by atoms with Gasteiger partial charge in [0.25, 0.3) is 0 Å². The summed E-state index contributed by atoms with van der Waals surface area (Å²) >= 11 is 0.679. The Balaban J connectivity index is 1.62. The number of aryl methyl sites for hydroxylation is 1. The zero-order chi connectivity index (χ0) is 22.4. The van der Waals surface area contributed by atoms with Crippen LogP contribution in [0.5, 0.6) is 0 Å². The topological polar surface area (TPSA) is 76.1 Å². The average Bonchev–Trinajstić information content (AvgIpc) is 3.10. The summed E-state index contributed by atoms with van der Waals surface area (Å²) in [5, 5.41) is -0.398. The number of thiazole rings is 1. The Morgan fingerprint density at radius 3 is 2.61 bits per heavy atom. The van der Waals surface area contributed by atoms with Crippen LogP contribution in [0.2, 0.25) is 0 Å².